The van der Waals surface area contributed by atoms with Gasteiger partial charge in [0.15, 0.2) is 0 Å². The lowest BCUT2D eigenvalue weighted by Gasteiger charge is -1.91. The molecule has 0 saturated heterocycles. The van der Waals surface area contributed by atoms with Gasteiger partial charge >= 0.3 is 23.9 Å². The molecule has 18 heavy (non-hydrogen) atoms. The van der Waals surface area contributed by atoms with E-state index in [-0.39, 0.29) is 11.1 Å². The lowest BCUT2D eigenvalue weighted by molar-refractivity contribution is -0.139. The van der Waals surface area contributed by atoms with Gasteiger partial charge in [0.1, 0.15) is 0 Å². The van der Waals surface area contributed by atoms with Crippen LogP contribution in [0.4, 0.5) is 0 Å². The summed E-state index contributed by atoms with van der Waals surface area (Å²) >= 11 is 0. The fraction of sp³-hybridized carbons (Fsp3) is 0.200. The van der Waals surface area contributed by atoms with E-state index in [4.69, 9.17) is 20.4 Å². The molecule has 8 heteroatoms. The van der Waals surface area contributed by atoms with Crippen LogP contribution in [-0.4, -0.2) is 44.3 Å². The number of hydrogen-bond donors (Lipinski definition) is 4. The lowest BCUT2D eigenvalue weighted by atomic mass is 10.2. The minimum atomic E-state index is -1.27. The van der Waals surface area contributed by atoms with Crippen molar-refractivity contribution in [2.45, 2.75) is 12.8 Å². The largest absolute Gasteiger partial charge is 0.481 e. The molecule has 0 amide bonds. The molecule has 4 N–H and O–H groups in total. The first-order valence-corrected chi connectivity index (χ1v) is 4.33. The molecule has 0 saturated carbocycles. The second-order valence-electron chi connectivity index (χ2n) is 2.96. The first-order valence-electron chi connectivity index (χ1n) is 4.33. The molecular weight excluding hydrogens is 248 g/mol. The predicted octanol–water partition coefficient (Wildman–Crippen LogP) is 0.204. The molecule has 0 aromatic heterocycles. The summed E-state index contributed by atoms with van der Waals surface area (Å²) in [6.07, 6.45) is -1.01. The van der Waals surface area contributed by atoms with Crippen molar-refractivity contribution < 1.29 is 39.6 Å². The molecule has 0 aliphatic heterocycles. The molecule has 0 aromatic carbocycles. The molecule has 8 nitrogen and oxygen atoms in total. The average molecular weight is 260 g/mol. The Morgan fingerprint density at radius 3 is 0.944 bits per heavy atom. The smallest absolute Gasteiger partial charge is 0.331 e. The van der Waals surface area contributed by atoms with Gasteiger partial charge in [-0.25, -0.2) is 9.59 Å². The molecule has 0 bridgehead atoms. The summed E-state index contributed by atoms with van der Waals surface area (Å²) in [6, 6.07) is 0. The maximum atomic E-state index is 9.87. The van der Waals surface area contributed by atoms with Crippen LogP contribution in [0.15, 0.2) is 24.3 Å². The van der Waals surface area contributed by atoms with Crippen molar-refractivity contribution >= 4 is 23.9 Å². The second-order valence-corrected chi connectivity index (χ2v) is 2.96. The predicted molar refractivity (Wildman–Crippen MR) is 58.1 cm³/mol. The third-order valence-corrected chi connectivity index (χ3v) is 1.33. The Bertz CT molecular complexity index is 355. The maximum absolute atomic E-state index is 9.87. The molecule has 0 unspecified atom stereocenters. The van der Waals surface area contributed by atoms with E-state index in [0.29, 0.717) is 0 Å². The summed E-state index contributed by atoms with van der Waals surface area (Å²) < 4.78 is 0. The summed E-state index contributed by atoms with van der Waals surface area (Å²) in [5.74, 6) is -4.89. The van der Waals surface area contributed by atoms with E-state index in [9.17, 15) is 19.2 Å². The highest BCUT2D eigenvalue weighted by Crippen LogP contribution is 1.96. The van der Waals surface area contributed by atoms with Crippen molar-refractivity contribution in [1.29, 1.82) is 0 Å². The Morgan fingerprint density at radius 2 is 0.889 bits per heavy atom. The molecule has 100 valence electrons. The molecule has 0 aliphatic rings. The summed E-state index contributed by atoms with van der Waals surface area (Å²) in [4.78, 5) is 39.3. The van der Waals surface area contributed by atoms with Crippen molar-refractivity contribution in [3.05, 3.63) is 24.3 Å². The molecule has 0 radical (unpaired) electrons. The number of aliphatic carboxylic acids is 4. The van der Waals surface area contributed by atoms with E-state index >= 15 is 0 Å². The summed E-state index contributed by atoms with van der Waals surface area (Å²) in [6.45, 7) is 6.03. The standard InChI is InChI=1S/2C5H6O4/c2*1-3(5(8)9)2-4(6)7/h2*1-2H2,(H,6,7)(H,8,9). The van der Waals surface area contributed by atoms with Gasteiger partial charge in [0.25, 0.3) is 0 Å². The van der Waals surface area contributed by atoms with Crippen LogP contribution in [0.25, 0.3) is 0 Å². The highest BCUT2D eigenvalue weighted by molar-refractivity contribution is 5.91. The molecule has 0 fully saturated rings. The molecule has 0 atom stereocenters. The van der Waals surface area contributed by atoms with Crippen molar-refractivity contribution in [2.75, 3.05) is 0 Å². The number of carboxylic acid groups (broad SMARTS) is 4. The summed E-state index contributed by atoms with van der Waals surface area (Å²) in [5.41, 5.74) is -0.606. The zero-order chi connectivity index (χ0) is 14.9. The van der Waals surface area contributed by atoms with Gasteiger partial charge in [-0.1, -0.05) is 13.2 Å². The highest BCUT2D eigenvalue weighted by Gasteiger charge is 2.07. The topological polar surface area (TPSA) is 149 Å². The van der Waals surface area contributed by atoms with Gasteiger partial charge in [0.05, 0.1) is 12.8 Å². The van der Waals surface area contributed by atoms with Crippen LogP contribution >= 0.6 is 0 Å². The van der Waals surface area contributed by atoms with Gasteiger partial charge in [-0.3, -0.25) is 9.59 Å². The molecular formula is C10H12O8. The van der Waals surface area contributed by atoms with Crippen molar-refractivity contribution in [3.8, 4) is 0 Å². The van der Waals surface area contributed by atoms with Gasteiger partial charge in [-0.15, -0.1) is 0 Å². The van der Waals surface area contributed by atoms with Crippen molar-refractivity contribution in [1.82, 2.24) is 0 Å². The molecule has 0 aliphatic carbocycles. The van der Waals surface area contributed by atoms with E-state index in [1.807, 2.05) is 0 Å². The van der Waals surface area contributed by atoms with Crippen molar-refractivity contribution in [2.24, 2.45) is 0 Å². The van der Waals surface area contributed by atoms with E-state index in [1.165, 1.54) is 0 Å². The number of rotatable bonds is 6. The third-order valence-electron chi connectivity index (χ3n) is 1.33. The average Bonchev–Trinajstić information content (AvgIpc) is 2.16. The molecule has 0 rings (SSSR count). The van der Waals surface area contributed by atoms with E-state index in [1.54, 1.807) is 0 Å². The maximum Gasteiger partial charge on any atom is 0.331 e. The fourth-order valence-corrected chi connectivity index (χ4v) is 0.516. The van der Waals surface area contributed by atoms with Crippen LogP contribution in [0.3, 0.4) is 0 Å². The van der Waals surface area contributed by atoms with E-state index < -0.39 is 36.7 Å². The zero-order valence-corrected chi connectivity index (χ0v) is 9.25. The van der Waals surface area contributed by atoms with E-state index in [2.05, 4.69) is 13.2 Å². The minimum absolute atomic E-state index is 0.303. The number of carboxylic acids is 4. The number of hydrogen-bond acceptors (Lipinski definition) is 4. The summed E-state index contributed by atoms with van der Waals surface area (Å²) in [5, 5.41) is 32.2. The highest BCUT2D eigenvalue weighted by atomic mass is 16.4. The Balaban J connectivity index is 0. The SMILES string of the molecule is C=C(CC(=O)O)C(=O)O.C=C(CC(=O)O)C(=O)O. The second kappa shape index (κ2) is 8.50. The Hall–Kier alpha value is -2.64. The molecule has 0 heterocycles. The van der Waals surface area contributed by atoms with Gasteiger partial charge in [0, 0.05) is 11.1 Å². The zero-order valence-electron chi connectivity index (χ0n) is 9.25. The number of carbonyl (C=O) groups is 4. The van der Waals surface area contributed by atoms with Crippen LogP contribution in [-0.2, 0) is 19.2 Å². The normalized spacial score (nSPS) is 8.44. The molecule has 0 aromatic rings. The summed E-state index contributed by atoms with van der Waals surface area (Å²) in [7, 11) is 0. The minimum Gasteiger partial charge on any atom is -0.481 e. The van der Waals surface area contributed by atoms with Gasteiger partial charge in [-0.2, -0.15) is 0 Å². The first-order chi connectivity index (χ1) is 8.07. The van der Waals surface area contributed by atoms with Crippen LogP contribution in [0.5, 0.6) is 0 Å². The van der Waals surface area contributed by atoms with Crippen molar-refractivity contribution in [3.63, 3.8) is 0 Å². The van der Waals surface area contributed by atoms with Crippen LogP contribution in [0.2, 0.25) is 0 Å². The van der Waals surface area contributed by atoms with Crippen LogP contribution in [0.1, 0.15) is 12.8 Å². The van der Waals surface area contributed by atoms with Crippen LogP contribution in [0, 0.1) is 0 Å². The van der Waals surface area contributed by atoms with Crippen LogP contribution < -0.4 is 0 Å². The third kappa shape index (κ3) is 11.4. The monoisotopic (exact) mass is 260 g/mol. The quantitative estimate of drug-likeness (QED) is 0.495. The fourth-order valence-electron chi connectivity index (χ4n) is 0.516. The Kier molecular flexibility index (Phi) is 8.38. The first kappa shape index (κ1) is 17.7. The Morgan fingerprint density at radius 1 is 0.667 bits per heavy atom. The lowest BCUT2D eigenvalue weighted by Crippen LogP contribution is -2.04. The van der Waals surface area contributed by atoms with Gasteiger partial charge < -0.3 is 20.4 Å². The van der Waals surface area contributed by atoms with Gasteiger partial charge in [0.2, 0.25) is 0 Å². The van der Waals surface area contributed by atoms with Gasteiger partial charge in [-0.05, 0) is 0 Å². The van der Waals surface area contributed by atoms with E-state index in [0.717, 1.165) is 0 Å². The Labute approximate surface area is 101 Å². The molecule has 0 spiro atoms.